The Morgan fingerprint density at radius 1 is 0.737 bits per heavy atom. The lowest BCUT2D eigenvalue weighted by Crippen LogP contribution is -2.10. The monoisotopic (exact) mass is 252 g/mol. The lowest BCUT2D eigenvalue weighted by atomic mass is 9.87. The molecular formula is C18H17F. The normalized spacial score (nSPS) is 10.7. The second kappa shape index (κ2) is 5.28. The van der Waals surface area contributed by atoms with Crippen LogP contribution in [-0.2, 0) is 5.41 Å². The van der Waals surface area contributed by atoms with Crippen LogP contribution in [0.3, 0.4) is 0 Å². The van der Waals surface area contributed by atoms with Crippen LogP contribution < -0.4 is 0 Å². The van der Waals surface area contributed by atoms with Gasteiger partial charge in [0.2, 0.25) is 0 Å². The van der Waals surface area contributed by atoms with Gasteiger partial charge in [-0.3, -0.25) is 0 Å². The van der Waals surface area contributed by atoms with Crippen LogP contribution in [0, 0.1) is 17.7 Å². The van der Waals surface area contributed by atoms with Crippen molar-refractivity contribution in [1.82, 2.24) is 0 Å². The zero-order chi connectivity index (χ0) is 13.9. The first-order valence-corrected chi connectivity index (χ1v) is 6.33. The standard InChI is InChI=1S/C18H17F/c1-18(2,3)16-10-6-14(7-11-16)4-5-15-8-12-17(19)13-9-15/h6-13H,1-3H3. The predicted octanol–water partition coefficient (Wildman–Crippen LogP) is 4.52. The van der Waals surface area contributed by atoms with E-state index in [0.717, 1.165) is 11.1 Å². The van der Waals surface area contributed by atoms with Gasteiger partial charge >= 0.3 is 0 Å². The second-order valence-corrected chi connectivity index (χ2v) is 5.58. The van der Waals surface area contributed by atoms with E-state index in [1.807, 2.05) is 12.1 Å². The molecule has 0 atom stereocenters. The van der Waals surface area contributed by atoms with Crippen LogP contribution in [0.4, 0.5) is 4.39 Å². The summed E-state index contributed by atoms with van der Waals surface area (Å²) in [6.07, 6.45) is 0. The summed E-state index contributed by atoms with van der Waals surface area (Å²) in [7, 11) is 0. The molecule has 0 saturated carbocycles. The molecule has 2 rings (SSSR count). The number of hydrogen-bond donors (Lipinski definition) is 0. The largest absolute Gasteiger partial charge is 0.207 e. The molecule has 0 unspecified atom stereocenters. The fourth-order valence-electron chi connectivity index (χ4n) is 1.73. The molecule has 0 heterocycles. The molecule has 0 radical (unpaired) electrons. The van der Waals surface area contributed by atoms with Crippen molar-refractivity contribution in [3.05, 3.63) is 71.0 Å². The Balaban J connectivity index is 2.19. The molecule has 0 saturated heterocycles. The van der Waals surface area contributed by atoms with E-state index in [1.165, 1.54) is 17.7 Å². The van der Waals surface area contributed by atoms with Crippen LogP contribution in [0.15, 0.2) is 48.5 Å². The van der Waals surface area contributed by atoms with Gasteiger partial charge in [-0.1, -0.05) is 44.7 Å². The zero-order valence-electron chi connectivity index (χ0n) is 11.5. The maximum atomic E-state index is 12.8. The maximum Gasteiger partial charge on any atom is 0.123 e. The Morgan fingerprint density at radius 2 is 1.16 bits per heavy atom. The highest BCUT2D eigenvalue weighted by Crippen LogP contribution is 2.21. The quantitative estimate of drug-likeness (QED) is 0.605. The van der Waals surface area contributed by atoms with E-state index in [-0.39, 0.29) is 11.2 Å². The van der Waals surface area contributed by atoms with Crippen LogP contribution in [-0.4, -0.2) is 0 Å². The Hall–Kier alpha value is -2.07. The first kappa shape index (κ1) is 13.4. The van der Waals surface area contributed by atoms with Gasteiger partial charge in [-0.25, -0.2) is 4.39 Å². The molecular weight excluding hydrogens is 235 g/mol. The summed E-state index contributed by atoms with van der Waals surface area (Å²) in [4.78, 5) is 0. The highest BCUT2D eigenvalue weighted by atomic mass is 19.1. The molecule has 0 aliphatic heterocycles. The predicted molar refractivity (Wildman–Crippen MR) is 77.5 cm³/mol. The molecule has 2 aromatic rings. The molecule has 2 aromatic carbocycles. The van der Waals surface area contributed by atoms with Gasteiger partial charge < -0.3 is 0 Å². The van der Waals surface area contributed by atoms with Gasteiger partial charge in [0.1, 0.15) is 5.82 Å². The van der Waals surface area contributed by atoms with Crippen molar-refractivity contribution in [3.63, 3.8) is 0 Å². The summed E-state index contributed by atoms with van der Waals surface area (Å²) in [6.45, 7) is 6.56. The molecule has 0 aromatic heterocycles. The van der Waals surface area contributed by atoms with Crippen LogP contribution in [0.2, 0.25) is 0 Å². The van der Waals surface area contributed by atoms with E-state index >= 15 is 0 Å². The van der Waals surface area contributed by atoms with Gasteiger partial charge in [-0.05, 0) is 47.4 Å². The van der Waals surface area contributed by atoms with Crippen molar-refractivity contribution in [3.8, 4) is 11.8 Å². The van der Waals surface area contributed by atoms with Gasteiger partial charge in [-0.15, -0.1) is 0 Å². The van der Waals surface area contributed by atoms with E-state index in [9.17, 15) is 4.39 Å². The average Bonchev–Trinajstić information content (AvgIpc) is 2.37. The molecule has 0 aliphatic rings. The number of halogens is 1. The van der Waals surface area contributed by atoms with E-state index in [2.05, 4.69) is 44.7 Å². The Labute approximate surface area is 114 Å². The van der Waals surface area contributed by atoms with Gasteiger partial charge in [0, 0.05) is 11.1 Å². The van der Waals surface area contributed by atoms with Crippen LogP contribution in [0.5, 0.6) is 0 Å². The average molecular weight is 252 g/mol. The van der Waals surface area contributed by atoms with Gasteiger partial charge in [0.05, 0.1) is 0 Å². The third-order valence-corrected chi connectivity index (χ3v) is 2.95. The Bertz CT molecular complexity index is 602. The molecule has 0 aliphatic carbocycles. The maximum absolute atomic E-state index is 12.8. The second-order valence-electron chi connectivity index (χ2n) is 5.58. The molecule has 0 bridgehead atoms. The molecule has 0 nitrogen and oxygen atoms in total. The first-order chi connectivity index (χ1) is 8.95. The Kier molecular flexibility index (Phi) is 3.71. The molecule has 19 heavy (non-hydrogen) atoms. The topological polar surface area (TPSA) is 0 Å². The van der Waals surface area contributed by atoms with E-state index in [1.54, 1.807) is 12.1 Å². The number of benzene rings is 2. The van der Waals surface area contributed by atoms with Crippen molar-refractivity contribution in [2.75, 3.05) is 0 Å². The SMILES string of the molecule is CC(C)(C)c1ccc(C#Cc2ccc(F)cc2)cc1. The van der Waals surface area contributed by atoms with Crippen LogP contribution in [0.25, 0.3) is 0 Å². The van der Waals surface area contributed by atoms with Gasteiger partial charge in [-0.2, -0.15) is 0 Å². The number of rotatable bonds is 0. The lowest BCUT2D eigenvalue weighted by molar-refractivity contribution is 0.590. The third-order valence-electron chi connectivity index (χ3n) is 2.95. The highest BCUT2D eigenvalue weighted by molar-refractivity contribution is 5.44. The van der Waals surface area contributed by atoms with Crippen molar-refractivity contribution >= 4 is 0 Å². The van der Waals surface area contributed by atoms with Gasteiger partial charge in [0.25, 0.3) is 0 Å². The molecule has 0 amide bonds. The van der Waals surface area contributed by atoms with Crippen LogP contribution >= 0.6 is 0 Å². The van der Waals surface area contributed by atoms with Crippen molar-refractivity contribution < 1.29 is 4.39 Å². The van der Waals surface area contributed by atoms with Crippen molar-refractivity contribution in [1.29, 1.82) is 0 Å². The minimum atomic E-state index is -0.236. The van der Waals surface area contributed by atoms with E-state index in [4.69, 9.17) is 0 Å². The minimum absolute atomic E-state index is 0.156. The Morgan fingerprint density at radius 3 is 1.58 bits per heavy atom. The van der Waals surface area contributed by atoms with Crippen LogP contribution in [0.1, 0.15) is 37.5 Å². The summed E-state index contributed by atoms with van der Waals surface area (Å²) in [5.74, 6) is 5.88. The zero-order valence-corrected chi connectivity index (χ0v) is 11.5. The summed E-state index contributed by atoms with van der Waals surface area (Å²) >= 11 is 0. The van der Waals surface area contributed by atoms with Crippen molar-refractivity contribution in [2.45, 2.75) is 26.2 Å². The number of hydrogen-bond acceptors (Lipinski definition) is 0. The molecule has 0 N–H and O–H groups in total. The molecule has 0 spiro atoms. The summed E-state index contributed by atoms with van der Waals surface area (Å²) < 4.78 is 12.8. The third kappa shape index (κ3) is 3.69. The van der Waals surface area contributed by atoms with E-state index < -0.39 is 0 Å². The first-order valence-electron chi connectivity index (χ1n) is 6.33. The summed E-state index contributed by atoms with van der Waals surface area (Å²) in [5, 5.41) is 0. The smallest absolute Gasteiger partial charge is 0.123 e. The fourth-order valence-corrected chi connectivity index (χ4v) is 1.73. The molecule has 96 valence electrons. The minimum Gasteiger partial charge on any atom is -0.207 e. The van der Waals surface area contributed by atoms with Gasteiger partial charge in [0.15, 0.2) is 0 Å². The van der Waals surface area contributed by atoms with E-state index in [0.29, 0.717) is 0 Å². The highest BCUT2D eigenvalue weighted by Gasteiger charge is 2.12. The summed E-state index contributed by atoms with van der Waals surface area (Å²) in [5.41, 5.74) is 3.24. The molecule has 0 fully saturated rings. The van der Waals surface area contributed by atoms with Crippen molar-refractivity contribution in [2.24, 2.45) is 0 Å². The molecule has 1 heteroatoms. The summed E-state index contributed by atoms with van der Waals surface area (Å²) in [6, 6.07) is 14.5. The fraction of sp³-hybridized carbons (Fsp3) is 0.222. The lowest BCUT2D eigenvalue weighted by Gasteiger charge is -2.18.